The standard InChI is InChI=1S/C8H7Cl2NO/c9-7-6(12-5-1-2-5)3-4-11-8(7)10/h3-5H,1-2H2. The Balaban J connectivity index is 2.23. The first kappa shape index (κ1) is 8.14. The van der Waals surface area contributed by atoms with E-state index in [0.29, 0.717) is 22.0 Å². The van der Waals surface area contributed by atoms with Crippen LogP contribution in [0.5, 0.6) is 5.75 Å². The van der Waals surface area contributed by atoms with Gasteiger partial charge in [0.05, 0.1) is 6.10 Å². The van der Waals surface area contributed by atoms with Gasteiger partial charge in [0, 0.05) is 12.3 Å². The van der Waals surface area contributed by atoms with E-state index in [0.717, 1.165) is 12.8 Å². The molecule has 0 aromatic carbocycles. The van der Waals surface area contributed by atoms with Gasteiger partial charge in [0.15, 0.2) is 5.15 Å². The lowest BCUT2D eigenvalue weighted by Gasteiger charge is -2.05. The summed E-state index contributed by atoms with van der Waals surface area (Å²) < 4.78 is 5.48. The Morgan fingerprint density at radius 2 is 2.17 bits per heavy atom. The molecule has 1 aliphatic carbocycles. The van der Waals surface area contributed by atoms with Gasteiger partial charge in [-0.1, -0.05) is 23.2 Å². The first-order chi connectivity index (χ1) is 5.77. The van der Waals surface area contributed by atoms with Gasteiger partial charge in [0.25, 0.3) is 0 Å². The molecule has 0 bridgehead atoms. The third-order valence-electron chi connectivity index (χ3n) is 1.63. The molecule has 0 unspecified atom stereocenters. The summed E-state index contributed by atoms with van der Waals surface area (Å²) in [5, 5.41) is 0.709. The fourth-order valence-electron chi connectivity index (χ4n) is 0.858. The number of hydrogen-bond acceptors (Lipinski definition) is 2. The molecule has 1 aliphatic rings. The zero-order chi connectivity index (χ0) is 8.55. The molecule has 64 valence electrons. The highest BCUT2D eigenvalue weighted by atomic mass is 35.5. The molecule has 0 saturated heterocycles. The number of pyridine rings is 1. The lowest BCUT2D eigenvalue weighted by Crippen LogP contribution is -1.96. The van der Waals surface area contributed by atoms with Gasteiger partial charge in [0.1, 0.15) is 10.8 Å². The molecular formula is C8H7Cl2NO. The molecule has 0 spiro atoms. The van der Waals surface area contributed by atoms with E-state index in [1.54, 1.807) is 12.3 Å². The summed E-state index contributed by atoms with van der Waals surface area (Å²) in [4.78, 5) is 3.82. The maximum atomic E-state index is 5.85. The Morgan fingerprint density at radius 3 is 2.83 bits per heavy atom. The molecular weight excluding hydrogens is 197 g/mol. The fraction of sp³-hybridized carbons (Fsp3) is 0.375. The monoisotopic (exact) mass is 203 g/mol. The topological polar surface area (TPSA) is 22.1 Å². The molecule has 0 radical (unpaired) electrons. The Hall–Kier alpha value is -0.470. The number of aromatic nitrogens is 1. The van der Waals surface area contributed by atoms with E-state index in [-0.39, 0.29) is 0 Å². The third kappa shape index (κ3) is 1.65. The zero-order valence-electron chi connectivity index (χ0n) is 6.26. The van der Waals surface area contributed by atoms with Gasteiger partial charge < -0.3 is 4.74 Å². The van der Waals surface area contributed by atoms with Crippen molar-refractivity contribution in [2.24, 2.45) is 0 Å². The molecule has 2 nitrogen and oxygen atoms in total. The molecule has 2 rings (SSSR count). The number of rotatable bonds is 2. The van der Waals surface area contributed by atoms with Gasteiger partial charge in [-0.3, -0.25) is 0 Å². The van der Waals surface area contributed by atoms with Gasteiger partial charge in [-0.2, -0.15) is 0 Å². The summed E-state index contributed by atoms with van der Waals surface area (Å²) in [7, 11) is 0. The van der Waals surface area contributed by atoms with Crippen LogP contribution in [0.3, 0.4) is 0 Å². The van der Waals surface area contributed by atoms with Crippen molar-refractivity contribution in [1.82, 2.24) is 4.98 Å². The third-order valence-corrected chi connectivity index (χ3v) is 2.38. The van der Waals surface area contributed by atoms with Gasteiger partial charge in [0.2, 0.25) is 0 Å². The molecule has 1 heterocycles. The predicted molar refractivity (Wildman–Crippen MR) is 47.9 cm³/mol. The molecule has 1 fully saturated rings. The molecule has 4 heteroatoms. The summed E-state index contributed by atoms with van der Waals surface area (Å²) in [5.74, 6) is 0.638. The molecule has 1 saturated carbocycles. The van der Waals surface area contributed by atoms with Crippen molar-refractivity contribution in [3.63, 3.8) is 0 Å². The first-order valence-corrected chi connectivity index (χ1v) is 4.49. The second-order valence-electron chi connectivity index (χ2n) is 2.73. The predicted octanol–water partition coefficient (Wildman–Crippen LogP) is 2.93. The highest BCUT2D eigenvalue weighted by molar-refractivity contribution is 6.42. The van der Waals surface area contributed by atoms with Crippen LogP contribution in [0, 0.1) is 0 Å². The highest BCUT2D eigenvalue weighted by Crippen LogP contribution is 2.34. The van der Waals surface area contributed by atoms with Crippen LogP contribution < -0.4 is 4.74 Å². The van der Waals surface area contributed by atoms with Crippen LogP contribution in [0.4, 0.5) is 0 Å². The molecule has 1 aromatic rings. The van der Waals surface area contributed by atoms with E-state index in [2.05, 4.69) is 4.98 Å². The van der Waals surface area contributed by atoms with Gasteiger partial charge in [-0.15, -0.1) is 0 Å². The Kier molecular flexibility index (Phi) is 2.11. The Morgan fingerprint density at radius 1 is 1.42 bits per heavy atom. The maximum absolute atomic E-state index is 5.85. The minimum absolute atomic E-state index is 0.301. The van der Waals surface area contributed by atoms with Crippen molar-refractivity contribution in [3.8, 4) is 5.75 Å². The summed E-state index contributed by atoms with van der Waals surface area (Å²) in [5.41, 5.74) is 0. The Bertz CT molecular complexity index is 299. The normalized spacial score (nSPS) is 16.2. The molecule has 1 aromatic heterocycles. The van der Waals surface area contributed by atoms with Crippen molar-refractivity contribution in [2.45, 2.75) is 18.9 Å². The zero-order valence-corrected chi connectivity index (χ0v) is 7.77. The van der Waals surface area contributed by atoms with Crippen molar-refractivity contribution in [2.75, 3.05) is 0 Å². The lowest BCUT2D eigenvalue weighted by atomic mass is 10.4. The largest absolute Gasteiger partial charge is 0.489 e. The summed E-state index contributed by atoms with van der Waals surface area (Å²) >= 11 is 11.5. The highest BCUT2D eigenvalue weighted by Gasteiger charge is 2.24. The average molecular weight is 204 g/mol. The van der Waals surface area contributed by atoms with Crippen LogP contribution in [-0.4, -0.2) is 11.1 Å². The molecule has 12 heavy (non-hydrogen) atoms. The van der Waals surface area contributed by atoms with Crippen LogP contribution in [0.2, 0.25) is 10.2 Å². The maximum Gasteiger partial charge on any atom is 0.151 e. The number of ether oxygens (including phenoxy) is 1. The second kappa shape index (κ2) is 3.11. The van der Waals surface area contributed by atoms with Gasteiger partial charge in [-0.25, -0.2) is 4.98 Å². The van der Waals surface area contributed by atoms with Crippen molar-refractivity contribution in [3.05, 3.63) is 22.4 Å². The van der Waals surface area contributed by atoms with E-state index in [1.165, 1.54) is 0 Å². The van der Waals surface area contributed by atoms with Crippen molar-refractivity contribution in [1.29, 1.82) is 0 Å². The minimum atomic E-state index is 0.301. The van der Waals surface area contributed by atoms with E-state index < -0.39 is 0 Å². The molecule has 0 N–H and O–H groups in total. The SMILES string of the molecule is Clc1nccc(OC2CC2)c1Cl. The second-order valence-corrected chi connectivity index (χ2v) is 3.47. The smallest absolute Gasteiger partial charge is 0.151 e. The average Bonchev–Trinajstić information content (AvgIpc) is 2.83. The van der Waals surface area contributed by atoms with E-state index >= 15 is 0 Å². The fourth-order valence-corrected chi connectivity index (χ4v) is 1.16. The van der Waals surface area contributed by atoms with Crippen LogP contribution in [0.25, 0.3) is 0 Å². The van der Waals surface area contributed by atoms with Crippen molar-refractivity contribution >= 4 is 23.2 Å². The summed E-state index contributed by atoms with van der Waals surface area (Å²) in [6, 6.07) is 1.73. The van der Waals surface area contributed by atoms with E-state index in [4.69, 9.17) is 27.9 Å². The lowest BCUT2D eigenvalue weighted by molar-refractivity contribution is 0.303. The van der Waals surface area contributed by atoms with Crippen LogP contribution in [0.15, 0.2) is 12.3 Å². The minimum Gasteiger partial charge on any atom is -0.489 e. The number of nitrogens with zero attached hydrogens (tertiary/aromatic N) is 1. The summed E-state index contributed by atoms with van der Waals surface area (Å²) in [6.07, 6.45) is 4.14. The van der Waals surface area contributed by atoms with Crippen molar-refractivity contribution < 1.29 is 4.74 Å². The molecule has 0 atom stereocenters. The molecule has 0 aliphatic heterocycles. The Labute approximate surface area is 80.5 Å². The summed E-state index contributed by atoms with van der Waals surface area (Å²) in [6.45, 7) is 0. The molecule has 0 amide bonds. The van der Waals surface area contributed by atoms with Crippen LogP contribution >= 0.6 is 23.2 Å². The van der Waals surface area contributed by atoms with Crippen LogP contribution in [-0.2, 0) is 0 Å². The van der Waals surface area contributed by atoms with E-state index in [1.807, 2.05) is 0 Å². The number of halogens is 2. The van der Waals surface area contributed by atoms with Gasteiger partial charge in [-0.05, 0) is 12.8 Å². The van der Waals surface area contributed by atoms with Crippen LogP contribution in [0.1, 0.15) is 12.8 Å². The van der Waals surface area contributed by atoms with E-state index in [9.17, 15) is 0 Å². The van der Waals surface area contributed by atoms with Gasteiger partial charge >= 0.3 is 0 Å². The first-order valence-electron chi connectivity index (χ1n) is 3.74. The quantitative estimate of drug-likeness (QED) is 0.691. The number of hydrogen-bond donors (Lipinski definition) is 0.